The average molecular weight is 215 g/mol. The highest BCUT2D eigenvalue weighted by molar-refractivity contribution is 5.52. The molecule has 0 bridgehead atoms. The van der Waals surface area contributed by atoms with Crippen LogP contribution in [0.3, 0.4) is 0 Å². The molecule has 0 aromatic carbocycles. The van der Waals surface area contributed by atoms with Gasteiger partial charge in [0.25, 0.3) is 0 Å². The molecule has 0 aliphatic heterocycles. The van der Waals surface area contributed by atoms with Gasteiger partial charge in [0, 0.05) is 23.9 Å². The Hall–Kier alpha value is -1.71. The molecule has 1 saturated carbocycles. The largest absolute Gasteiger partial charge is 0.339 e. The maximum atomic E-state index is 5.32. The maximum absolute atomic E-state index is 5.32. The van der Waals surface area contributed by atoms with E-state index >= 15 is 0 Å². The average Bonchev–Trinajstić information content (AvgIpc) is 3.01. The molecule has 2 heterocycles. The zero-order chi connectivity index (χ0) is 10.8. The van der Waals surface area contributed by atoms with Crippen molar-refractivity contribution in [3.63, 3.8) is 0 Å². The Bertz CT molecular complexity index is 460. The zero-order valence-corrected chi connectivity index (χ0v) is 8.97. The van der Waals surface area contributed by atoms with Gasteiger partial charge in [-0.2, -0.15) is 4.98 Å². The molecular formula is C12H13N3O. The third kappa shape index (κ3) is 1.71. The van der Waals surface area contributed by atoms with Crippen LogP contribution in [0.5, 0.6) is 0 Å². The molecular weight excluding hydrogens is 202 g/mol. The van der Waals surface area contributed by atoms with Crippen LogP contribution >= 0.6 is 0 Å². The van der Waals surface area contributed by atoms with Gasteiger partial charge in [-0.05, 0) is 25.0 Å². The Balaban J connectivity index is 1.87. The molecule has 0 amide bonds. The quantitative estimate of drug-likeness (QED) is 0.772. The van der Waals surface area contributed by atoms with Crippen molar-refractivity contribution in [2.24, 2.45) is 0 Å². The normalized spacial score (nSPS) is 16.8. The van der Waals surface area contributed by atoms with E-state index in [0.717, 1.165) is 11.5 Å². The van der Waals surface area contributed by atoms with E-state index in [-0.39, 0.29) is 0 Å². The number of rotatable bonds is 2. The predicted molar refractivity (Wildman–Crippen MR) is 58.7 cm³/mol. The molecule has 1 aliphatic carbocycles. The van der Waals surface area contributed by atoms with Crippen molar-refractivity contribution in [2.75, 3.05) is 0 Å². The number of pyridine rings is 1. The highest BCUT2D eigenvalue weighted by Gasteiger charge is 2.23. The molecule has 0 N–H and O–H groups in total. The highest BCUT2D eigenvalue weighted by atomic mass is 16.5. The van der Waals surface area contributed by atoms with E-state index in [9.17, 15) is 0 Å². The van der Waals surface area contributed by atoms with Crippen molar-refractivity contribution in [1.82, 2.24) is 15.1 Å². The van der Waals surface area contributed by atoms with Gasteiger partial charge in [-0.25, -0.2) is 0 Å². The second-order valence-electron chi connectivity index (χ2n) is 4.17. The van der Waals surface area contributed by atoms with Crippen LogP contribution in [0.25, 0.3) is 11.4 Å². The Labute approximate surface area is 93.7 Å². The summed E-state index contributed by atoms with van der Waals surface area (Å²) in [4.78, 5) is 8.43. The van der Waals surface area contributed by atoms with E-state index in [4.69, 9.17) is 4.52 Å². The number of hydrogen-bond donors (Lipinski definition) is 0. The highest BCUT2D eigenvalue weighted by Crippen LogP contribution is 2.33. The molecule has 16 heavy (non-hydrogen) atoms. The SMILES string of the molecule is c1cc(-c2noc(C3CCCC3)n2)ccn1. The summed E-state index contributed by atoms with van der Waals surface area (Å²) in [7, 11) is 0. The first-order valence-electron chi connectivity index (χ1n) is 5.67. The van der Waals surface area contributed by atoms with E-state index in [1.165, 1.54) is 25.7 Å². The van der Waals surface area contributed by atoms with Crippen molar-refractivity contribution in [3.8, 4) is 11.4 Å². The van der Waals surface area contributed by atoms with Crippen molar-refractivity contribution in [3.05, 3.63) is 30.4 Å². The van der Waals surface area contributed by atoms with Crippen LogP contribution in [-0.4, -0.2) is 15.1 Å². The molecule has 0 radical (unpaired) electrons. The van der Waals surface area contributed by atoms with Crippen molar-refractivity contribution in [1.29, 1.82) is 0 Å². The molecule has 1 aliphatic rings. The topological polar surface area (TPSA) is 51.8 Å². The lowest BCUT2D eigenvalue weighted by atomic mass is 10.1. The molecule has 82 valence electrons. The van der Waals surface area contributed by atoms with Gasteiger partial charge in [-0.15, -0.1) is 0 Å². The van der Waals surface area contributed by atoms with E-state index < -0.39 is 0 Å². The minimum absolute atomic E-state index is 0.475. The Morgan fingerprint density at radius 1 is 1.12 bits per heavy atom. The van der Waals surface area contributed by atoms with Gasteiger partial charge in [-0.1, -0.05) is 18.0 Å². The van der Waals surface area contributed by atoms with E-state index in [1.54, 1.807) is 12.4 Å². The van der Waals surface area contributed by atoms with Crippen LogP contribution in [0.4, 0.5) is 0 Å². The minimum atomic E-state index is 0.475. The molecule has 0 unspecified atom stereocenters. The second-order valence-corrected chi connectivity index (χ2v) is 4.17. The van der Waals surface area contributed by atoms with Crippen LogP contribution in [-0.2, 0) is 0 Å². The van der Waals surface area contributed by atoms with Crippen LogP contribution in [0, 0.1) is 0 Å². The van der Waals surface area contributed by atoms with Gasteiger partial charge in [0.2, 0.25) is 11.7 Å². The van der Waals surface area contributed by atoms with Gasteiger partial charge >= 0.3 is 0 Å². The summed E-state index contributed by atoms with van der Waals surface area (Å²) >= 11 is 0. The van der Waals surface area contributed by atoms with Gasteiger partial charge in [0.1, 0.15) is 0 Å². The van der Waals surface area contributed by atoms with Gasteiger partial charge in [0.05, 0.1) is 0 Å². The van der Waals surface area contributed by atoms with E-state index in [0.29, 0.717) is 11.7 Å². The molecule has 2 aromatic rings. The first kappa shape index (κ1) is 9.51. The molecule has 2 aromatic heterocycles. The van der Waals surface area contributed by atoms with Crippen LogP contribution < -0.4 is 0 Å². The molecule has 4 heteroatoms. The van der Waals surface area contributed by atoms with Crippen molar-refractivity contribution < 1.29 is 4.52 Å². The second kappa shape index (κ2) is 4.04. The van der Waals surface area contributed by atoms with Gasteiger partial charge < -0.3 is 4.52 Å². The smallest absolute Gasteiger partial charge is 0.230 e. The fraction of sp³-hybridized carbons (Fsp3) is 0.417. The van der Waals surface area contributed by atoms with Gasteiger partial charge in [-0.3, -0.25) is 4.98 Å². The summed E-state index contributed by atoms with van der Waals surface area (Å²) in [5.74, 6) is 1.94. The summed E-state index contributed by atoms with van der Waals surface area (Å²) in [6.07, 6.45) is 8.38. The summed E-state index contributed by atoms with van der Waals surface area (Å²) in [5.41, 5.74) is 0.961. The Morgan fingerprint density at radius 2 is 1.88 bits per heavy atom. The monoisotopic (exact) mass is 215 g/mol. The van der Waals surface area contributed by atoms with E-state index in [1.807, 2.05) is 12.1 Å². The predicted octanol–water partition coefficient (Wildman–Crippen LogP) is 2.79. The van der Waals surface area contributed by atoms with Crippen molar-refractivity contribution >= 4 is 0 Å². The number of aromatic nitrogens is 3. The summed E-state index contributed by atoms with van der Waals surface area (Å²) in [6, 6.07) is 3.78. The standard InChI is InChI=1S/C12H13N3O/c1-2-4-10(3-1)12-14-11(15-16-12)9-5-7-13-8-6-9/h5-8,10H,1-4H2. The fourth-order valence-electron chi connectivity index (χ4n) is 2.19. The number of nitrogens with zero attached hydrogens (tertiary/aromatic N) is 3. The Kier molecular flexibility index (Phi) is 2.40. The van der Waals surface area contributed by atoms with Crippen molar-refractivity contribution in [2.45, 2.75) is 31.6 Å². The summed E-state index contributed by atoms with van der Waals surface area (Å²) < 4.78 is 5.32. The maximum Gasteiger partial charge on any atom is 0.230 e. The zero-order valence-electron chi connectivity index (χ0n) is 8.97. The lowest BCUT2D eigenvalue weighted by Gasteiger charge is -1.99. The third-order valence-corrected chi connectivity index (χ3v) is 3.08. The third-order valence-electron chi connectivity index (χ3n) is 3.08. The molecule has 0 saturated heterocycles. The molecule has 0 atom stereocenters. The van der Waals surface area contributed by atoms with Crippen LogP contribution in [0.2, 0.25) is 0 Å². The van der Waals surface area contributed by atoms with E-state index in [2.05, 4.69) is 15.1 Å². The van der Waals surface area contributed by atoms with Crippen LogP contribution in [0.15, 0.2) is 29.0 Å². The molecule has 1 fully saturated rings. The number of hydrogen-bond acceptors (Lipinski definition) is 4. The summed E-state index contributed by atoms with van der Waals surface area (Å²) in [6.45, 7) is 0. The van der Waals surface area contributed by atoms with Crippen LogP contribution in [0.1, 0.15) is 37.5 Å². The Morgan fingerprint density at radius 3 is 2.62 bits per heavy atom. The lowest BCUT2D eigenvalue weighted by Crippen LogP contribution is -1.91. The molecule has 4 nitrogen and oxygen atoms in total. The fourth-order valence-corrected chi connectivity index (χ4v) is 2.19. The summed E-state index contributed by atoms with van der Waals surface area (Å²) in [5, 5.41) is 4.02. The lowest BCUT2D eigenvalue weighted by molar-refractivity contribution is 0.354. The minimum Gasteiger partial charge on any atom is -0.339 e. The first-order chi connectivity index (χ1) is 7.93. The molecule has 3 rings (SSSR count). The first-order valence-corrected chi connectivity index (χ1v) is 5.67. The molecule has 0 spiro atoms. The van der Waals surface area contributed by atoms with Gasteiger partial charge in [0.15, 0.2) is 0 Å².